The van der Waals surface area contributed by atoms with Crippen LogP contribution in [0.15, 0.2) is 0 Å². The van der Waals surface area contributed by atoms with Gasteiger partial charge < -0.3 is 19.1 Å². The predicted octanol–water partition coefficient (Wildman–Crippen LogP) is 1.64. The zero-order valence-electron chi connectivity index (χ0n) is 11.4. The molecule has 0 saturated carbocycles. The minimum atomic E-state index is -1.50. The second-order valence-electron chi connectivity index (χ2n) is 4.24. The number of quaternary nitrogens is 1. The number of nitrogens with zero attached hydrogens (tertiary/aromatic N) is 1. The normalized spacial score (nSPS) is 10.3. The fraction of sp³-hybridized carbons (Fsp3) is 0.917. The average Bonchev–Trinajstić information content (AvgIpc) is 2.19. The Kier molecular flexibility index (Phi) is 11.8. The van der Waals surface area contributed by atoms with Gasteiger partial charge in [-0.05, 0) is 19.3 Å². The van der Waals surface area contributed by atoms with Gasteiger partial charge in [-0.15, -0.1) is 0 Å². The van der Waals surface area contributed by atoms with Gasteiger partial charge in [-0.1, -0.05) is 20.8 Å². The summed E-state index contributed by atoms with van der Waals surface area (Å²) in [7, 11) is 3.42. The summed E-state index contributed by atoms with van der Waals surface area (Å²) in [6.07, 6.45) is 2.45. The molecule has 0 unspecified atom stereocenters. The topological polar surface area (TPSA) is 49.4 Å². The van der Waals surface area contributed by atoms with Crippen LogP contribution in [0.4, 0.5) is 4.79 Å². The lowest BCUT2D eigenvalue weighted by atomic mass is 10.2. The van der Waals surface area contributed by atoms with Crippen molar-refractivity contribution in [3.8, 4) is 0 Å². The number of hydrogen-bond acceptors (Lipinski definition) is 3. The Morgan fingerprint density at radius 3 is 1.44 bits per heavy atom. The van der Waals surface area contributed by atoms with Gasteiger partial charge in [0.15, 0.2) is 0 Å². The van der Waals surface area contributed by atoms with Crippen LogP contribution in [-0.2, 0) is 4.74 Å². The predicted molar refractivity (Wildman–Crippen MR) is 64.1 cm³/mol. The number of methoxy groups -OCH3 is 1. The highest BCUT2D eigenvalue weighted by Gasteiger charge is 2.16. The van der Waals surface area contributed by atoms with Crippen LogP contribution in [0.2, 0.25) is 0 Å². The van der Waals surface area contributed by atoms with Gasteiger partial charge in [0.1, 0.15) is 0 Å². The van der Waals surface area contributed by atoms with Crippen molar-refractivity contribution < 1.29 is 19.1 Å². The first-order valence-corrected chi connectivity index (χ1v) is 6.04. The lowest BCUT2D eigenvalue weighted by molar-refractivity contribution is -0.909. The third kappa shape index (κ3) is 11.3. The zero-order chi connectivity index (χ0) is 13.0. The Morgan fingerprint density at radius 2 is 1.31 bits per heavy atom. The molecule has 0 saturated heterocycles. The summed E-state index contributed by atoms with van der Waals surface area (Å²) >= 11 is 0. The van der Waals surface area contributed by atoms with Crippen LogP contribution in [0.5, 0.6) is 0 Å². The zero-order valence-corrected chi connectivity index (χ0v) is 11.4. The molecule has 0 aromatic carbocycles. The fourth-order valence-electron chi connectivity index (χ4n) is 1.95. The smallest absolute Gasteiger partial charge is 0.251 e. The van der Waals surface area contributed by atoms with E-state index in [1.807, 2.05) is 0 Å². The monoisotopic (exact) mass is 233 g/mol. The largest absolute Gasteiger partial charge is 0.553 e. The molecule has 98 valence electrons. The summed E-state index contributed by atoms with van der Waals surface area (Å²) in [4.78, 5) is 9.03. The first-order chi connectivity index (χ1) is 7.45. The van der Waals surface area contributed by atoms with E-state index < -0.39 is 6.16 Å². The Labute approximate surface area is 99.8 Å². The number of ether oxygens (including phenoxy) is 1. The van der Waals surface area contributed by atoms with Gasteiger partial charge >= 0.3 is 0 Å². The molecule has 0 rings (SSSR count). The van der Waals surface area contributed by atoms with E-state index in [0.717, 1.165) is 7.11 Å². The molecule has 0 aromatic heterocycles. The van der Waals surface area contributed by atoms with Crippen molar-refractivity contribution in [1.29, 1.82) is 0 Å². The van der Waals surface area contributed by atoms with Crippen LogP contribution in [0.3, 0.4) is 0 Å². The molecule has 0 fully saturated rings. The van der Waals surface area contributed by atoms with Crippen molar-refractivity contribution in [2.75, 3.05) is 33.8 Å². The maximum Gasteiger partial charge on any atom is 0.251 e. The number of carboxylic acid groups (broad SMARTS) is 1. The second-order valence-corrected chi connectivity index (χ2v) is 4.24. The van der Waals surface area contributed by atoms with Crippen molar-refractivity contribution >= 4 is 6.16 Å². The maximum atomic E-state index is 9.03. The molecular formula is C12H27NO3. The lowest BCUT2D eigenvalue weighted by Crippen LogP contribution is -2.45. The van der Waals surface area contributed by atoms with E-state index in [9.17, 15) is 0 Å². The van der Waals surface area contributed by atoms with Gasteiger partial charge in [0, 0.05) is 7.11 Å². The molecular weight excluding hydrogens is 206 g/mol. The number of hydrogen-bond donors (Lipinski definition) is 0. The summed E-state index contributed by atoms with van der Waals surface area (Å²) in [6, 6.07) is 0. The molecule has 4 heteroatoms. The summed E-state index contributed by atoms with van der Waals surface area (Å²) in [5, 5.41) is 9.03. The first kappa shape index (κ1) is 17.6. The third-order valence-electron chi connectivity index (χ3n) is 2.46. The first-order valence-electron chi connectivity index (χ1n) is 6.04. The van der Waals surface area contributed by atoms with Gasteiger partial charge in [-0.2, -0.15) is 0 Å². The van der Waals surface area contributed by atoms with E-state index >= 15 is 0 Å². The van der Waals surface area contributed by atoms with Gasteiger partial charge in [0.25, 0.3) is 6.16 Å². The van der Waals surface area contributed by atoms with Crippen molar-refractivity contribution in [2.24, 2.45) is 0 Å². The number of rotatable bonds is 6. The highest BCUT2D eigenvalue weighted by atomic mass is 16.6. The van der Waals surface area contributed by atoms with Crippen LogP contribution in [0, 0.1) is 0 Å². The summed E-state index contributed by atoms with van der Waals surface area (Å²) in [5.74, 6) is 0. The average molecular weight is 233 g/mol. The fourth-order valence-corrected chi connectivity index (χ4v) is 1.95. The van der Waals surface area contributed by atoms with Crippen molar-refractivity contribution in [1.82, 2.24) is 0 Å². The molecule has 0 bridgehead atoms. The lowest BCUT2D eigenvalue weighted by Gasteiger charge is -2.33. The summed E-state index contributed by atoms with van der Waals surface area (Å²) in [6.45, 7) is 10.9. The molecule has 0 N–H and O–H groups in total. The van der Waals surface area contributed by atoms with Gasteiger partial charge in [0.05, 0.1) is 26.7 Å². The highest BCUT2D eigenvalue weighted by Crippen LogP contribution is 2.06. The van der Waals surface area contributed by atoms with E-state index in [4.69, 9.17) is 9.90 Å². The Balaban J connectivity index is 0. The van der Waals surface area contributed by atoms with Crippen molar-refractivity contribution in [2.45, 2.75) is 40.0 Å². The molecule has 0 amide bonds. The Morgan fingerprint density at radius 1 is 1.06 bits per heavy atom. The Bertz CT molecular complexity index is 155. The second kappa shape index (κ2) is 10.7. The van der Waals surface area contributed by atoms with Crippen molar-refractivity contribution in [3.63, 3.8) is 0 Å². The minimum absolute atomic E-state index is 1.04. The standard InChI is InChI=1S/C10H24N.C2H4O3/c1-5-8-11(4,9-6-2)10-7-3;1-5-2(3)4/h5-10H2,1-4H3;1H3,(H,3,4)/q+1;/p-1. The summed E-state index contributed by atoms with van der Waals surface area (Å²) < 4.78 is 4.84. The van der Waals surface area contributed by atoms with Gasteiger partial charge in [-0.25, -0.2) is 0 Å². The van der Waals surface area contributed by atoms with Crippen LogP contribution >= 0.6 is 0 Å². The van der Waals surface area contributed by atoms with Crippen LogP contribution < -0.4 is 5.11 Å². The molecule has 0 aliphatic heterocycles. The summed E-state index contributed by atoms with van der Waals surface area (Å²) in [5.41, 5.74) is 0. The van der Waals surface area contributed by atoms with Gasteiger partial charge in [-0.3, -0.25) is 0 Å². The van der Waals surface area contributed by atoms with E-state index in [1.54, 1.807) is 0 Å². The molecule has 4 nitrogen and oxygen atoms in total. The molecule has 0 heterocycles. The van der Waals surface area contributed by atoms with E-state index in [2.05, 4.69) is 32.6 Å². The maximum absolute atomic E-state index is 9.03. The molecule has 0 aliphatic carbocycles. The van der Waals surface area contributed by atoms with Crippen LogP contribution in [-0.4, -0.2) is 44.4 Å². The van der Waals surface area contributed by atoms with E-state index in [-0.39, 0.29) is 0 Å². The SMILES string of the molecule is CCC[N+](C)(CCC)CCC.COC(=O)[O-]. The molecule has 0 aliphatic rings. The van der Waals surface area contributed by atoms with E-state index in [0.29, 0.717) is 0 Å². The van der Waals surface area contributed by atoms with Crippen molar-refractivity contribution in [3.05, 3.63) is 0 Å². The van der Waals surface area contributed by atoms with Crippen LogP contribution in [0.1, 0.15) is 40.0 Å². The quantitative estimate of drug-likeness (QED) is 0.517. The molecule has 0 spiro atoms. The molecule has 0 aromatic rings. The van der Waals surface area contributed by atoms with Gasteiger partial charge in [0.2, 0.25) is 0 Å². The van der Waals surface area contributed by atoms with E-state index in [1.165, 1.54) is 43.4 Å². The molecule has 0 atom stereocenters. The number of carbonyl (C=O) groups is 1. The number of carbonyl (C=O) groups excluding carboxylic acids is 1. The van der Waals surface area contributed by atoms with Crippen LogP contribution in [0.25, 0.3) is 0 Å². The molecule has 16 heavy (non-hydrogen) atoms. The highest BCUT2D eigenvalue weighted by molar-refractivity contribution is 5.53. The third-order valence-corrected chi connectivity index (χ3v) is 2.46. The Hall–Kier alpha value is -0.770. The molecule has 0 radical (unpaired) electrons. The minimum Gasteiger partial charge on any atom is -0.553 e.